The molecule has 1 N–H and O–H groups in total. The van der Waals surface area contributed by atoms with Gasteiger partial charge in [0.15, 0.2) is 23.3 Å². The molecule has 0 radical (unpaired) electrons. The molecule has 1 aliphatic heterocycles. The Morgan fingerprint density at radius 3 is 2.93 bits per heavy atom. The van der Waals surface area contributed by atoms with E-state index in [0.717, 1.165) is 17.5 Å². The number of benzene rings is 1. The largest absolute Gasteiger partial charge is 0.465 e. The van der Waals surface area contributed by atoms with E-state index in [9.17, 15) is 18.4 Å². The molecule has 0 amide bonds. The van der Waals surface area contributed by atoms with Gasteiger partial charge in [-0.15, -0.1) is 0 Å². The molecule has 0 bridgehead atoms. The fourth-order valence-corrected chi connectivity index (χ4v) is 3.02. The van der Waals surface area contributed by atoms with Crippen LogP contribution in [0.2, 0.25) is 0 Å². The highest BCUT2D eigenvalue weighted by atomic mass is 19.2. The number of hydrogen-bond donors (Lipinski definition) is 1. The average Bonchev–Trinajstić information content (AvgIpc) is 3.26. The molecule has 2 aromatic heterocycles. The minimum atomic E-state index is -1.44. The Bertz CT molecular complexity index is 1220. The Kier molecular flexibility index (Phi) is 5.09. The molecule has 1 fully saturated rings. The average molecular weight is 411 g/mol. The van der Waals surface area contributed by atoms with E-state index in [1.54, 1.807) is 25.4 Å². The van der Waals surface area contributed by atoms with E-state index in [1.165, 1.54) is 12.1 Å². The maximum absolute atomic E-state index is 13.5. The van der Waals surface area contributed by atoms with Crippen molar-refractivity contribution in [2.24, 2.45) is 10.9 Å². The summed E-state index contributed by atoms with van der Waals surface area (Å²) >= 11 is 0. The van der Waals surface area contributed by atoms with Crippen molar-refractivity contribution < 1.29 is 27.8 Å². The van der Waals surface area contributed by atoms with Crippen LogP contribution in [0.4, 0.5) is 14.5 Å². The summed E-state index contributed by atoms with van der Waals surface area (Å²) in [5.74, 6) is -5.48. The predicted octanol–water partition coefficient (Wildman–Crippen LogP) is 3.69. The molecule has 3 heterocycles. The number of rotatable bonds is 4. The lowest BCUT2D eigenvalue weighted by atomic mass is 10.0. The van der Waals surface area contributed by atoms with Gasteiger partial charge >= 0.3 is 5.97 Å². The van der Waals surface area contributed by atoms with E-state index >= 15 is 0 Å². The van der Waals surface area contributed by atoms with Crippen LogP contribution >= 0.6 is 0 Å². The number of Topliss-reactive ketones (excluding diaryl/α,β-unsaturated/α-hetero) is 1. The van der Waals surface area contributed by atoms with Crippen LogP contribution < -0.4 is 0 Å². The van der Waals surface area contributed by atoms with Gasteiger partial charge in [0.2, 0.25) is 11.7 Å². The molecule has 0 aliphatic carbocycles. The number of aromatic amines is 1. The Morgan fingerprint density at radius 2 is 2.17 bits per heavy atom. The summed E-state index contributed by atoms with van der Waals surface area (Å²) in [6.45, 7) is 1.65. The number of nitrogens with one attached hydrogen (secondary N) is 1. The Labute approximate surface area is 169 Å². The number of ketones is 1. The van der Waals surface area contributed by atoms with Crippen molar-refractivity contribution in [1.29, 1.82) is 0 Å². The summed E-state index contributed by atoms with van der Waals surface area (Å²) in [6, 6.07) is 6.48. The van der Waals surface area contributed by atoms with E-state index in [-0.39, 0.29) is 24.0 Å². The second-order valence-electron chi connectivity index (χ2n) is 6.35. The zero-order chi connectivity index (χ0) is 21.3. The van der Waals surface area contributed by atoms with Gasteiger partial charge in [-0.1, -0.05) is 0 Å². The van der Waals surface area contributed by atoms with Crippen LogP contribution in [0, 0.1) is 17.6 Å². The number of halogens is 2. The van der Waals surface area contributed by atoms with Crippen molar-refractivity contribution in [1.82, 2.24) is 9.97 Å². The third-order valence-electron chi connectivity index (χ3n) is 4.40. The Morgan fingerprint density at radius 1 is 1.33 bits per heavy atom. The molecule has 7 nitrogen and oxygen atoms in total. The van der Waals surface area contributed by atoms with Crippen LogP contribution in [0.25, 0.3) is 17.1 Å². The van der Waals surface area contributed by atoms with Gasteiger partial charge in [0, 0.05) is 29.4 Å². The van der Waals surface area contributed by atoms with Crippen molar-refractivity contribution in [2.75, 3.05) is 6.61 Å². The van der Waals surface area contributed by atoms with Crippen molar-refractivity contribution in [3.05, 3.63) is 65.7 Å². The monoisotopic (exact) mass is 411 g/mol. The van der Waals surface area contributed by atoms with Crippen LogP contribution in [-0.2, 0) is 19.1 Å². The van der Waals surface area contributed by atoms with Crippen LogP contribution in [-0.4, -0.2) is 34.2 Å². The lowest BCUT2D eigenvalue weighted by Crippen LogP contribution is -2.27. The normalized spacial score (nSPS) is 18.9. The zero-order valence-corrected chi connectivity index (χ0v) is 15.7. The Hall–Kier alpha value is -3.88. The number of carbonyl (C=O) groups is 2. The molecule has 1 aromatic carbocycles. The molecule has 1 aliphatic rings. The number of allylic oxidation sites excluding steroid dienone is 1. The fraction of sp³-hybridized carbons (Fsp3) is 0.143. The van der Waals surface area contributed by atoms with Gasteiger partial charge in [-0.3, -0.25) is 9.59 Å². The van der Waals surface area contributed by atoms with Gasteiger partial charge in [-0.05, 0) is 37.3 Å². The number of ether oxygens (including phenoxy) is 2. The molecule has 3 aromatic rings. The summed E-state index contributed by atoms with van der Waals surface area (Å²) in [6.07, 6.45) is 4.73. The second kappa shape index (κ2) is 7.86. The lowest BCUT2D eigenvalue weighted by molar-refractivity contribution is -0.147. The predicted molar refractivity (Wildman–Crippen MR) is 104 cm³/mol. The highest BCUT2D eigenvalue weighted by Gasteiger charge is 2.44. The number of carbonyl (C=O) groups excluding carboxylic acids is 2. The molecule has 152 valence electrons. The summed E-state index contributed by atoms with van der Waals surface area (Å²) in [5.41, 5.74) is 1.23. The molecule has 4 rings (SSSR count). The highest BCUT2D eigenvalue weighted by Crippen LogP contribution is 2.29. The number of esters is 1. The van der Waals surface area contributed by atoms with E-state index < -0.39 is 29.3 Å². The first-order valence-electron chi connectivity index (χ1n) is 9.04. The standard InChI is InChI=1S/C21H15F2N3O4/c1-2-29-21(28)17-18(27)16(8-11-10-25-19-13(11)4-3-7-24-19)30-20(17)26-12-5-6-14(22)15(23)9-12/h3-10,17H,2H2,1H3,(H,24,25)/b16-8-,26-20?. The van der Waals surface area contributed by atoms with Gasteiger partial charge < -0.3 is 14.5 Å². The van der Waals surface area contributed by atoms with E-state index in [0.29, 0.717) is 11.2 Å². The van der Waals surface area contributed by atoms with Crippen molar-refractivity contribution in [3.8, 4) is 0 Å². The maximum atomic E-state index is 13.5. The van der Waals surface area contributed by atoms with E-state index in [1.807, 2.05) is 6.07 Å². The molecule has 30 heavy (non-hydrogen) atoms. The SMILES string of the molecule is CCOC(=O)C1C(=O)/C(=C/c2c[nH]c3ncccc23)OC1=Nc1ccc(F)c(F)c1. The van der Waals surface area contributed by atoms with Crippen LogP contribution in [0.1, 0.15) is 12.5 Å². The van der Waals surface area contributed by atoms with Gasteiger partial charge in [0.25, 0.3) is 0 Å². The molecule has 0 saturated carbocycles. The molecule has 1 saturated heterocycles. The van der Waals surface area contributed by atoms with E-state index in [2.05, 4.69) is 15.0 Å². The van der Waals surface area contributed by atoms with Crippen LogP contribution in [0.15, 0.2) is 53.5 Å². The number of pyridine rings is 1. The Balaban J connectivity index is 1.75. The quantitative estimate of drug-likeness (QED) is 0.402. The second-order valence-corrected chi connectivity index (χ2v) is 6.35. The number of H-pyrrole nitrogens is 1. The lowest BCUT2D eigenvalue weighted by Gasteiger charge is -2.06. The minimum absolute atomic E-state index is 0.0106. The van der Waals surface area contributed by atoms with Crippen molar-refractivity contribution >= 4 is 40.4 Å². The first-order valence-corrected chi connectivity index (χ1v) is 9.04. The fourth-order valence-electron chi connectivity index (χ4n) is 3.02. The number of aliphatic imine (C=N–C) groups is 1. The molecule has 0 spiro atoms. The van der Waals surface area contributed by atoms with Crippen LogP contribution in [0.3, 0.4) is 0 Å². The minimum Gasteiger partial charge on any atom is -0.465 e. The smallest absolute Gasteiger partial charge is 0.326 e. The summed E-state index contributed by atoms with van der Waals surface area (Å²) in [5, 5.41) is 0.750. The van der Waals surface area contributed by atoms with Gasteiger partial charge in [0.05, 0.1) is 12.3 Å². The topological polar surface area (TPSA) is 93.6 Å². The van der Waals surface area contributed by atoms with Crippen molar-refractivity contribution in [2.45, 2.75) is 6.92 Å². The van der Waals surface area contributed by atoms with E-state index in [4.69, 9.17) is 9.47 Å². The van der Waals surface area contributed by atoms with Crippen molar-refractivity contribution in [3.63, 3.8) is 0 Å². The first-order chi connectivity index (χ1) is 14.5. The molecule has 9 heteroatoms. The molecule has 1 atom stereocenters. The number of fused-ring (bicyclic) bond motifs is 1. The molecule has 1 unspecified atom stereocenters. The summed E-state index contributed by atoms with van der Waals surface area (Å²) in [7, 11) is 0. The zero-order valence-electron chi connectivity index (χ0n) is 15.7. The summed E-state index contributed by atoms with van der Waals surface area (Å²) in [4.78, 5) is 36.4. The van der Waals surface area contributed by atoms with Gasteiger partial charge in [-0.25, -0.2) is 18.8 Å². The third-order valence-corrected chi connectivity index (χ3v) is 4.40. The van der Waals surface area contributed by atoms with Gasteiger partial charge in [-0.2, -0.15) is 0 Å². The van der Waals surface area contributed by atoms with Gasteiger partial charge in [0.1, 0.15) is 5.65 Å². The maximum Gasteiger partial charge on any atom is 0.326 e. The highest BCUT2D eigenvalue weighted by molar-refractivity contribution is 6.27. The molecular formula is C21H15F2N3O4. The summed E-state index contributed by atoms with van der Waals surface area (Å²) < 4.78 is 37.2. The third kappa shape index (κ3) is 3.57. The number of hydrogen-bond acceptors (Lipinski definition) is 6. The van der Waals surface area contributed by atoms with Crippen LogP contribution in [0.5, 0.6) is 0 Å². The number of aromatic nitrogens is 2. The first kappa shape index (κ1) is 19.4. The molecular weight excluding hydrogens is 396 g/mol. The number of nitrogens with zero attached hydrogens (tertiary/aromatic N) is 2.